The van der Waals surface area contributed by atoms with E-state index in [1.165, 1.54) is 18.2 Å². The molecule has 0 saturated heterocycles. The van der Waals surface area contributed by atoms with Gasteiger partial charge in [-0.2, -0.15) is 0 Å². The fourth-order valence-electron chi connectivity index (χ4n) is 1.81. The number of halogens is 2. The van der Waals surface area contributed by atoms with E-state index in [2.05, 4.69) is 15.9 Å². The molecule has 1 N–H and O–H groups in total. The van der Waals surface area contributed by atoms with Crippen molar-refractivity contribution in [3.63, 3.8) is 0 Å². The lowest BCUT2D eigenvalue weighted by Crippen LogP contribution is -2.38. The summed E-state index contributed by atoms with van der Waals surface area (Å²) in [7, 11) is 0. The lowest BCUT2D eigenvalue weighted by atomic mass is 10.1. The minimum atomic E-state index is -0.885. The van der Waals surface area contributed by atoms with E-state index in [1.54, 1.807) is 4.90 Å². The molecule has 0 bridgehead atoms. The minimum Gasteiger partial charge on any atom is -0.481 e. The summed E-state index contributed by atoms with van der Waals surface area (Å²) in [6.07, 6.45) is 0.402. The van der Waals surface area contributed by atoms with Gasteiger partial charge >= 0.3 is 5.97 Å². The van der Waals surface area contributed by atoms with Gasteiger partial charge in [0, 0.05) is 23.5 Å². The van der Waals surface area contributed by atoms with Crippen molar-refractivity contribution in [2.24, 2.45) is 0 Å². The number of carbonyl (C=O) groups is 2. The van der Waals surface area contributed by atoms with Crippen molar-refractivity contribution in [2.75, 3.05) is 6.54 Å². The van der Waals surface area contributed by atoms with Crippen molar-refractivity contribution in [3.8, 4) is 0 Å². The Kier molecular flexibility index (Phi) is 6.13. The fraction of sp³-hybridized carbons (Fsp3) is 0.429. The predicted molar refractivity (Wildman–Crippen MR) is 77.1 cm³/mol. The van der Waals surface area contributed by atoms with E-state index in [4.69, 9.17) is 5.11 Å². The molecule has 0 aliphatic rings. The van der Waals surface area contributed by atoms with E-state index in [-0.39, 0.29) is 18.4 Å². The Labute approximate surface area is 125 Å². The third-order valence-corrected chi connectivity index (χ3v) is 3.49. The largest absolute Gasteiger partial charge is 0.481 e. The topological polar surface area (TPSA) is 57.6 Å². The van der Waals surface area contributed by atoms with Crippen molar-refractivity contribution in [1.29, 1.82) is 0 Å². The van der Waals surface area contributed by atoms with Gasteiger partial charge < -0.3 is 10.0 Å². The Morgan fingerprint density at radius 1 is 1.40 bits per heavy atom. The molecule has 0 atom stereocenters. The van der Waals surface area contributed by atoms with Crippen LogP contribution in [0.25, 0.3) is 0 Å². The Hall–Kier alpha value is -1.43. The van der Waals surface area contributed by atoms with Gasteiger partial charge in [0.25, 0.3) is 5.91 Å². The first-order valence-electron chi connectivity index (χ1n) is 6.30. The van der Waals surface area contributed by atoms with Gasteiger partial charge in [-0.3, -0.25) is 9.59 Å². The van der Waals surface area contributed by atoms with E-state index in [0.29, 0.717) is 23.0 Å². The Morgan fingerprint density at radius 2 is 2.05 bits per heavy atom. The van der Waals surface area contributed by atoms with Crippen molar-refractivity contribution in [1.82, 2.24) is 4.90 Å². The zero-order valence-electron chi connectivity index (χ0n) is 11.4. The van der Waals surface area contributed by atoms with E-state index in [1.807, 2.05) is 13.8 Å². The van der Waals surface area contributed by atoms with Crippen LogP contribution in [0.5, 0.6) is 0 Å². The Bertz CT molecular complexity index is 505. The lowest BCUT2D eigenvalue weighted by molar-refractivity contribution is -0.137. The molecule has 1 rings (SSSR count). The van der Waals surface area contributed by atoms with Crippen LogP contribution in [0.1, 0.15) is 37.0 Å². The summed E-state index contributed by atoms with van der Waals surface area (Å²) in [4.78, 5) is 24.5. The number of carboxylic acid groups (broad SMARTS) is 1. The molecule has 0 saturated carbocycles. The first-order valence-corrected chi connectivity index (χ1v) is 7.10. The molecule has 20 heavy (non-hydrogen) atoms. The number of benzene rings is 1. The number of carbonyl (C=O) groups excluding carboxylic acids is 1. The molecule has 0 fully saturated rings. The number of nitrogens with zero attached hydrogens (tertiary/aromatic N) is 1. The quantitative estimate of drug-likeness (QED) is 0.860. The lowest BCUT2D eigenvalue weighted by Gasteiger charge is -2.27. The van der Waals surface area contributed by atoms with E-state index >= 15 is 0 Å². The van der Waals surface area contributed by atoms with Crippen LogP contribution in [-0.4, -0.2) is 34.5 Å². The third kappa shape index (κ3) is 4.59. The Morgan fingerprint density at radius 3 is 2.55 bits per heavy atom. The zero-order chi connectivity index (χ0) is 15.3. The number of hydrogen-bond acceptors (Lipinski definition) is 2. The van der Waals surface area contributed by atoms with Gasteiger partial charge in [-0.15, -0.1) is 0 Å². The van der Waals surface area contributed by atoms with Crippen LogP contribution in [0, 0.1) is 5.82 Å². The summed E-state index contributed by atoms with van der Waals surface area (Å²) in [5, 5.41) is 8.64. The molecule has 0 heterocycles. The third-order valence-electron chi connectivity index (χ3n) is 2.84. The van der Waals surface area contributed by atoms with Gasteiger partial charge in [-0.05, 0) is 54.4 Å². The summed E-state index contributed by atoms with van der Waals surface area (Å²) < 4.78 is 13.4. The number of carboxylic acids is 1. The first kappa shape index (κ1) is 16.6. The van der Waals surface area contributed by atoms with E-state index in [0.717, 1.165) is 0 Å². The van der Waals surface area contributed by atoms with Crippen molar-refractivity contribution >= 4 is 27.8 Å². The average Bonchev–Trinajstić information content (AvgIpc) is 2.33. The van der Waals surface area contributed by atoms with Gasteiger partial charge in [0.2, 0.25) is 0 Å². The van der Waals surface area contributed by atoms with Gasteiger partial charge in [-0.1, -0.05) is 0 Å². The van der Waals surface area contributed by atoms with Gasteiger partial charge in [0.1, 0.15) is 5.82 Å². The maximum absolute atomic E-state index is 13.0. The second-order valence-corrected chi connectivity index (χ2v) is 5.57. The van der Waals surface area contributed by atoms with Gasteiger partial charge in [0.15, 0.2) is 0 Å². The maximum Gasteiger partial charge on any atom is 0.303 e. The van der Waals surface area contributed by atoms with Crippen LogP contribution in [0.4, 0.5) is 4.39 Å². The van der Waals surface area contributed by atoms with E-state index < -0.39 is 11.8 Å². The van der Waals surface area contributed by atoms with Crippen molar-refractivity contribution in [2.45, 2.75) is 32.7 Å². The standard InChI is InChI=1S/C14H17BrFNO3/c1-9(2)17(7-3-4-13(18)19)14(20)11-6-5-10(16)8-12(11)15/h5-6,8-9H,3-4,7H2,1-2H3,(H,18,19). The average molecular weight is 346 g/mol. The number of rotatable bonds is 6. The van der Waals surface area contributed by atoms with Crippen molar-refractivity contribution in [3.05, 3.63) is 34.1 Å². The van der Waals surface area contributed by atoms with Gasteiger partial charge in [0.05, 0.1) is 5.56 Å². The number of aliphatic carboxylic acids is 1. The molecule has 110 valence electrons. The van der Waals surface area contributed by atoms with Crippen LogP contribution in [-0.2, 0) is 4.79 Å². The van der Waals surface area contributed by atoms with Crippen LogP contribution in [0.3, 0.4) is 0 Å². The summed E-state index contributed by atoms with van der Waals surface area (Å²) in [6, 6.07) is 3.83. The second-order valence-electron chi connectivity index (χ2n) is 4.71. The maximum atomic E-state index is 13.0. The highest BCUT2D eigenvalue weighted by Crippen LogP contribution is 2.21. The van der Waals surface area contributed by atoms with E-state index in [9.17, 15) is 14.0 Å². The normalized spacial score (nSPS) is 10.7. The SMILES string of the molecule is CC(C)N(CCCC(=O)O)C(=O)c1ccc(F)cc1Br. The highest BCUT2D eigenvalue weighted by molar-refractivity contribution is 9.10. The molecule has 4 nitrogen and oxygen atoms in total. The molecule has 6 heteroatoms. The smallest absolute Gasteiger partial charge is 0.303 e. The number of amides is 1. The zero-order valence-corrected chi connectivity index (χ0v) is 13.0. The summed E-state index contributed by atoms with van der Waals surface area (Å²) in [5.74, 6) is -1.54. The molecule has 0 aliphatic heterocycles. The monoisotopic (exact) mass is 345 g/mol. The molecule has 0 aliphatic carbocycles. The van der Waals surface area contributed by atoms with Gasteiger partial charge in [-0.25, -0.2) is 4.39 Å². The number of hydrogen-bond donors (Lipinski definition) is 1. The summed E-state index contributed by atoms with van der Waals surface area (Å²) in [5.41, 5.74) is 0.371. The highest BCUT2D eigenvalue weighted by atomic mass is 79.9. The molecule has 0 radical (unpaired) electrons. The summed E-state index contributed by atoms with van der Waals surface area (Å²) in [6.45, 7) is 4.07. The predicted octanol–water partition coefficient (Wildman–Crippen LogP) is 3.30. The van der Waals surface area contributed by atoms with Crippen molar-refractivity contribution < 1.29 is 19.1 Å². The molecule has 1 aromatic carbocycles. The molecule has 0 unspecified atom stereocenters. The van der Waals surface area contributed by atoms with Crippen LogP contribution < -0.4 is 0 Å². The molecular weight excluding hydrogens is 329 g/mol. The second kappa shape index (κ2) is 7.38. The fourth-order valence-corrected chi connectivity index (χ4v) is 2.33. The minimum absolute atomic E-state index is 0.0150. The molecule has 0 spiro atoms. The molecule has 1 aromatic rings. The van der Waals surface area contributed by atoms with Crippen LogP contribution in [0.2, 0.25) is 0 Å². The van der Waals surface area contributed by atoms with Crippen LogP contribution in [0.15, 0.2) is 22.7 Å². The van der Waals surface area contributed by atoms with Crippen LogP contribution >= 0.6 is 15.9 Å². The molecular formula is C14H17BrFNO3. The first-order chi connectivity index (χ1) is 9.32. The highest BCUT2D eigenvalue weighted by Gasteiger charge is 2.21. The Balaban J connectivity index is 2.85. The summed E-state index contributed by atoms with van der Waals surface area (Å²) >= 11 is 3.17. The molecule has 1 amide bonds. The molecule has 0 aromatic heterocycles.